The molecule has 0 unspecified atom stereocenters. The second-order valence-electron chi connectivity index (χ2n) is 9.27. The quantitative estimate of drug-likeness (QED) is 0.443. The summed E-state index contributed by atoms with van der Waals surface area (Å²) >= 11 is 0. The smallest absolute Gasteiger partial charge is 0.238 e. The predicted octanol–water partition coefficient (Wildman–Crippen LogP) is 5.19. The summed E-state index contributed by atoms with van der Waals surface area (Å²) < 4.78 is 6.02. The van der Waals surface area contributed by atoms with Gasteiger partial charge >= 0.3 is 0 Å². The van der Waals surface area contributed by atoms with Crippen LogP contribution in [0.3, 0.4) is 0 Å². The van der Waals surface area contributed by atoms with Gasteiger partial charge in [-0.3, -0.25) is 14.5 Å². The van der Waals surface area contributed by atoms with Gasteiger partial charge in [0.25, 0.3) is 0 Å². The highest BCUT2D eigenvalue weighted by Gasteiger charge is 2.67. The summed E-state index contributed by atoms with van der Waals surface area (Å²) in [6.07, 6.45) is 5.58. The molecule has 5 aliphatic rings. The molecule has 0 spiro atoms. The van der Waals surface area contributed by atoms with Crippen molar-refractivity contribution < 1.29 is 14.3 Å². The minimum Gasteiger partial charge on any atom is -0.457 e. The molecule has 4 heteroatoms. The number of imide groups is 1. The molecule has 4 nitrogen and oxygen atoms in total. The number of amides is 2. The van der Waals surface area contributed by atoms with Gasteiger partial charge in [0.15, 0.2) is 0 Å². The number of benzene rings is 3. The van der Waals surface area contributed by atoms with E-state index >= 15 is 0 Å². The van der Waals surface area contributed by atoms with E-state index in [1.807, 2.05) is 54.6 Å². The second-order valence-corrected chi connectivity index (χ2v) is 9.27. The number of allylic oxidation sites excluding steroid dienone is 2. The number of carbonyl (C=O) groups is 2. The standard InChI is InChI=1S/C27H21NO3/c29-26-24-20-11-12-21(23-14-22(20)23)25(24)27(30)28(26)17-6-9-18(10-7-17)31-19-8-5-15-3-1-2-4-16(15)13-19/h1-13,20-25H,14H2/t20-,21-,22-,23-,24-,25+/m0/s1. The van der Waals surface area contributed by atoms with Gasteiger partial charge in [0.05, 0.1) is 17.5 Å². The normalized spacial score (nSPS) is 32.3. The van der Waals surface area contributed by atoms with Gasteiger partial charge in [0, 0.05) is 0 Å². The van der Waals surface area contributed by atoms with Crippen molar-refractivity contribution in [1.29, 1.82) is 0 Å². The molecule has 152 valence electrons. The lowest BCUT2D eigenvalue weighted by Gasteiger charge is -2.37. The SMILES string of the molecule is O=C1[C@@H]2[C@H]3C=C[C@@H]([C@@H]4C[C@@H]34)[C@@H]2C(=O)N1c1ccc(Oc2ccc3ccccc3c2)cc1. The highest BCUT2D eigenvalue weighted by molar-refractivity contribution is 6.22. The first kappa shape index (κ1) is 17.3. The van der Waals surface area contributed by atoms with Gasteiger partial charge in [-0.25, -0.2) is 0 Å². The van der Waals surface area contributed by atoms with E-state index < -0.39 is 0 Å². The van der Waals surface area contributed by atoms with Crippen molar-refractivity contribution >= 4 is 28.3 Å². The van der Waals surface area contributed by atoms with Crippen molar-refractivity contribution in [2.45, 2.75) is 6.42 Å². The summed E-state index contributed by atoms with van der Waals surface area (Å²) in [5.41, 5.74) is 0.642. The largest absolute Gasteiger partial charge is 0.457 e. The van der Waals surface area contributed by atoms with Crippen LogP contribution in [-0.4, -0.2) is 11.8 Å². The van der Waals surface area contributed by atoms with Crippen molar-refractivity contribution in [2.24, 2.45) is 35.5 Å². The van der Waals surface area contributed by atoms with Crippen molar-refractivity contribution in [2.75, 3.05) is 4.90 Å². The van der Waals surface area contributed by atoms with Crippen LogP contribution >= 0.6 is 0 Å². The molecular formula is C27H21NO3. The number of hydrogen-bond donors (Lipinski definition) is 0. The van der Waals surface area contributed by atoms with E-state index in [1.54, 1.807) is 0 Å². The first-order valence-electron chi connectivity index (χ1n) is 11.0. The Morgan fingerprint density at radius 1 is 0.710 bits per heavy atom. The molecule has 3 aromatic carbocycles. The van der Waals surface area contributed by atoms with Gasteiger partial charge in [-0.2, -0.15) is 0 Å². The third-order valence-corrected chi connectivity index (χ3v) is 7.71. The van der Waals surface area contributed by atoms with Crippen LogP contribution in [0.5, 0.6) is 11.5 Å². The zero-order valence-electron chi connectivity index (χ0n) is 16.8. The molecular weight excluding hydrogens is 386 g/mol. The molecule has 31 heavy (non-hydrogen) atoms. The van der Waals surface area contributed by atoms with Crippen LogP contribution in [0, 0.1) is 35.5 Å². The van der Waals surface area contributed by atoms with Gasteiger partial charge in [0.2, 0.25) is 11.8 Å². The first-order valence-corrected chi connectivity index (χ1v) is 11.0. The van der Waals surface area contributed by atoms with Crippen molar-refractivity contribution in [1.82, 2.24) is 0 Å². The molecule has 6 atom stereocenters. The Kier molecular flexibility index (Phi) is 3.39. The molecule has 0 N–H and O–H groups in total. The van der Waals surface area contributed by atoms with Crippen LogP contribution in [0.4, 0.5) is 5.69 Å². The third kappa shape index (κ3) is 2.42. The molecule has 2 bridgehead atoms. The summed E-state index contributed by atoms with van der Waals surface area (Å²) in [6.45, 7) is 0. The van der Waals surface area contributed by atoms with Gasteiger partial charge in [0.1, 0.15) is 11.5 Å². The van der Waals surface area contributed by atoms with Crippen molar-refractivity contribution in [3.8, 4) is 11.5 Å². The van der Waals surface area contributed by atoms with Crippen LogP contribution in [0.2, 0.25) is 0 Å². The molecule has 3 fully saturated rings. The number of rotatable bonds is 3. The van der Waals surface area contributed by atoms with Crippen LogP contribution in [0.15, 0.2) is 78.9 Å². The Morgan fingerprint density at radius 3 is 2.00 bits per heavy atom. The second kappa shape index (κ2) is 6.07. The molecule has 2 amide bonds. The highest BCUT2D eigenvalue weighted by atomic mass is 16.5. The fourth-order valence-corrected chi connectivity index (χ4v) is 6.24. The number of carbonyl (C=O) groups excluding carboxylic acids is 2. The van der Waals surface area contributed by atoms with E-state index in [-0.39, 0.29) is 35.5 Å². The number of ether oxygens (including phenoxy) is 1. The van der Waals surface area contributed by atoms with Crippen LogP contribution < -0.4 is 9.64 Å². The maximum absolute atomic E-state index is 13.2. The highest BCUT2D eigenvalue weighted by Crippen LogP contribution is 2.65. The molecule has 0 radical (unpaired) electrons. The number of hydrogen-bond acceptors (Lipinski definition) is 3. The Balaban J connectivity index is 1.15. The summed E-state index contributed by atoms with van der Waals surface area (Å²) in [7, 11) is 0. The lowest BCUT2D eigenvalue weighted by Crippen LogP contribution is -2.40. The fourth-order valence-electron chi connectivity index (χ4n) is 6.24. The number of nitrogens with zero attached hydrogens (tertiary/aromatic N) is 1. The van der Waals surface area contributed by atoms with Crippen molar-refractivity contribution in [3.05, 3.63) is 78.9 Å². The molecule has 0 aromatic heterocycles. The predicted molar refractivity (Wildman–Crippen MR) is 118 cm³/mol. The topological polar surface area (TPSA) is 46.6 Å². The average molecular weight is 407 g/mol. The summed E-state index contributed by atoms with van der Waals surface area (Å²) in [5.74, 6) is 2.78. The van der Waals surface area contributed by atoms with E-state index in [9.17, 15) is 9.59 Å². The van der Waals surface area contributed by atoms with Crippen molar-refractivity contribution in [3.63, 3.8) is 0 Å². The van der Waals surface area contributed by atoms with Crippen LogP contribution in [0.25, 0.3) is 10.8 Å². The van der Waals surface area contributed by atoms with Gasteiger partial charge in [-0.1, -0.05) is 42.5 Å². The summed E-state index contributed by atoms with van der Waals surface area (Å²) in [4.78, 5) is 27.9. The van der Waals surface area contributed by atoms with Gasteiger partial charge < -0.3 is 4.74 Å². The molecule has 1 saturated heterocycles. The Hall–Kier alpha value is -3.40. The summed E-state index contributed by atoms with van der Waals surface area (Å²) in [6, 6.07) is 21.4. The molecule has 1 heterocycles. The Labute approximate surface area is 180 Å². The molecule has 4 aliphatic carbocycles. The molecule has 8 rings (SSSR count). The zero-order chi connectivity index (χ0) is 20.7. The monoisotopic (exact) mass is 407 g/mol. The van der Waals surface area contributed by atoms with E-state index in [2.05, 4.69) is 24.3 Å². The van der Waals surface area contributed by atoms with E-state index in [1.165, 1.54) is 16.7 Å². The van der Waals surface area contributed by atoms with Gasteiger partial charge in [-0.15, -0.1) is 0 Å². The Bertz CT molecular complexity index is 1240. The third-order valence-electron chi connectivity index (χ3n) is 7.71. The van der Waals surface area contributed by atoms with E-state index in [0.29, 0.717) is 23.3 Å². The Morgan fingerprint density at radius 2 is 1.32 bits per heavy atom. The number of anilines is 1. The summed E-state index contributed by atoms with van der Waals surface area (Å²) in [5, 5.41) is 2.28. The first-order chi connectivity index (χ1) is 15.2. The maximum atomic E-state index is 13.2. The van der Waals surface area contributed by atoms with Gasteiger partial charge in [-0.05, 0) is 77.3 Å². The van der Waals surface area contributed by atoms with E-state index in [0.717, 1.165) is 11.1 Å². The zero-order valence-corrected chi connectivity index (χ0v) is 16.8. The lowest BCUT2D eigenvalue weighted by molar-refractivity contribution is -0.124. The fraction of sp³-hybridized carbons (Fsp3) is 0.259. The maximum Gasteiger partial charge on any atom is 0.238 e. The minimum absolute atomic E-state index is 0.0251. The minimum atomic E-state index is -0.167. The molecule has 2 saturated carbocycles. The van der Waals surface area contributed by atoms with Crippen LogP contribution in [0.1, 0.15) is 6.42 Å². The average Bonchev–Trinajstić information content (AvgIpc) is 3.58. The molecule has 1 aliphatic heterocycles. The lowest BCUT2D eigenvalue weighted by atomic mass is 9.63. The van der Waals surface area contributed by atoms with E-state index in [4.69, 9.17) is 4.74 Å². The number of fused-ring (bicyclic) bond motifs is 1. The molecule has 3 aromatic rings. The van der Waals surface area contributed by atoms with Crippen LogP contribution in [-0.2, 0) is 9.59 Å².